The summed E-state index contributed by atoms with van der Waals surface area (Å²) >= 11 is 0. The summed E-state index contributed by atoms with van der Waals surface area (Å²) in [5.41, 5.74) is 1.22. The Bertz CT molecular complexity index is 496. The van der Waals surface area contributed by atoms with Crippen LogP contribution in [-0.4, -0.2) is 42.9 Å². The number of hydrogen-bond donors (Lipinski definition) is 0. The summed E-state index contributed by atoms with van der Waals surface area (Å²) in [4.78, 5) is 14.5. The summed E-state index contributed by atoms with van der Waals surface area (Å²) in [6, 6.07) is 10.2. The Morgan fingerprint density at radius 3 is 2.73 bits per heavy atom. The number of piperidine rings is 1. The first-order chi connectivity index (χ1) is 10.7. The average Bonchev–Trinajstić information content (AvgIpc) is 3.02. The number of rotatable bonds is 4. The standard InChI is InChI=1S/C18H25NO3/c1-18(21-12-13-22-18)16-8-5-11-19(14-16)17(20)10-9-15-6-3-2-4-7-15/h2-4,6-7,16H,5,8-14H2,1H3. The number of likely N-dealkylation sites (tertiary alicyclic amines) is 1. The van der Waals surface area contributed by atoms with Crippen LogP contribution in [0.3, 0.4) is 0 Å². The Morgan fingerprint density at radius 2 is 2.00 bits per heavy atom. The topological polar surface area (TPSA) is 38.8 Å². The maximum atomic E-state index is 12.5. The molecule has 2 aliphatic rings. The predicted molar refractivity (Wildman–Crippen MR) is 84.4 cm³/mol. The van der Waals surface area contributed by atoms with Gasteiger partial charge >= 0.3 is 0 Å². The molecule has 2 heterocycles. The second-order valence-corrected chi connectivity index (χ2v) is 6.38. The molecule has 4 nitrogen and oxygen atoms in total. The van der Waals surface area contributed by atoms with Gasteiger partial charge in [0.2, 0.25) is 5.91 Å². The van der Waals surface area contributed by atoms with Crippen molar-refractivity contribution in [3.05, 3.63) is 35.9 Å². The van der Waals surface area contributed by atoms with Gasteiger partial charge < -0.3 is 14.4 Å². The second-order valence-electron chi connectivity index (χ2n) is 6.38. The smallest absolute Gasteiger partial charge is 0.222 e. The van der Waals surface area contributed by atoms with Crippen LogP contribution < -0.4 is 0 Å². The summed E-state index contributed by atoms with van der Waals surface area (Å²) in [6.07, 6.45) is 3.49. The van der Waals surface area contributed by atoms with Gasteiger partial charge in [-0.3, -0.25) is 4.79 Å². The number of hydrogen-bond acceptors (Lipinski definition) is 3. The van der Waals surface area contributed by atoms with E-state index in [4.69, 9.17) is 9.47 Å². The van der Waals surface area contributed by atoms with Crippen LogP contribution in [0.4, 0.5) is 0 Å². The Kier molecular flexibility index (Phi) is 4.79. The largest absolute Gasteiger partial charge is 0.347 e. The Morgan fingerprint density at radius 1 is 1.27 bits per heavy atom. The average molecular weight is 303 g/mol. The van der Waals surface area contributed by atoms with Crippen LogP contribution in [0, 0.1) is 5.92 Å². The van der Waals surface area contributed by atoms with Gasteiger partial charge in [-0.05, 0) is 31.7 Å². The van der Waals surface area contributed by atoms with E-state index in [0.29, 0.717) is 19.6 Å². The van der Waals surface area contributed by atoms with Gasteiger partial charge in [0.1, 0.15) is 0 Å². The van der Waals surface area contributed by atoms with Crippen molar-refractivity contribution < 1.29 is 14.3 Å². The molecule has 2 saturated heterocycles. The Labute approximate surface area is 132 Å². The molecule has 2 aliphatic heterocycles. The first-order valence-corrected chi connectivity index (χ1v) is 8.27. The third kappa shape index (κ3) is 3.50. The minimum absolute atomic E-state index is 0.246. The first kappa shape index (κ1) is 15.5. The number of amides is 1. The van der Waals surface area contributed by atoms with Crippen LogP contribution in [0.15, 0.2) is 30.3 Å². The number of carbonyl (C=O) groups excluding carboxylic acids is 1. The van der Waals surface area contributed by atoms with Crippen molar-refractivity contribution in [3.63, 3.8) is 0 Å². The predicted octanol–water partition coefficient (Wildman–Crippen LogP) is 2.62. The highest BCUT2D eigenvalue weighted by Gasteiger charge is 2.42. The van der Waals surface area contributed by atoms with Crippen molar-refractivity contribution in [2.45, 2.75) is 38.4 Å². The van der Waals surface area contributed by atoms with E-state index < -0.39 is 5.79 Å². The number of carbonyl (C=O) groups is 1. The lowest BCUT2D eigenvalue weighted by Crippen LogP contribution is -2.48. The monoisotopic (exact) mass is 303 g/mol. The zero-order valence-corrected chi connectivity index (χ0v) is 13.3. The van der Waals surface area contributed by atoms with Gasteiger partial charge in [-0.2, -0.15) is 0 Å². The number of nitrogens with zero attached hydrogens (tertiary/aromatic N) is 1. The van der Waals surface area contributed by atoms with Crippen LogP contribution >= 0.6 is 0 Å². The minimum atomic E-state index is -0.502. The lowest BCUT2D eigenvalue weighted by atomic mass is 9.90. The third-order valence-corrected chi connectivity index (χ3v) is 4.85. The van der Waals surface area contributed by atoms with E-state index in [1.54, 1.807) is 0 Å². The lowest BCUT2D eigenvalue weighted by molar-refractivity contribution is -0.193. The van der Waals surface area contributed by atoms with E-state index in [-0.39, 0.29) is 11.8 Å². The molecule has 0 aromatic heterocycles. The first-order valence-electron chi connectivity index (χ1n) is 8.27. The van der Waals surface area contributed by atoms with E-state index in [0.717, 1.165) is 32.4 Å². The summed E-state index contributed by atoms with van der Waals surface area (Å²) < 4.78 is 11.6. The van der Waals surface area contributed by atoms with Crippen molar-refractivity contribution in [1.29, 1.82) is 0 Å². The normalized spacial score (nSPS) is 24.4. The van der Waals surface area contributed by atoms with Crippen LogP contribution in [0.25, 0.3) is 0 Å². The molecule has 0 bridgehead atoms. The molecule has 0 saturated carbocycles. The second kappa shape index (κ2) is 6.80. The lowest BCUT2D eigenvalue weighted by Gasteiger charge is -2.40. The van der Waals surface area contributed by atoms with Crippen molar-refractivity contribution >= 4 is 5.91 Å². The molecule has 1 amide bonds. The molecule has 1 aromatic rings. The van der Waals surface area contributed by atoms with Crippen LogP contribution in [0.2, 0.25) is 0 Å². The molecule has 22 heavy (non-hydrogen) atoms. The Hall–Kier alpha value is -1.39. The molecule has 120 valence electrons. The van der Waals surface area contributed by atoms with Gasteiger partial charge in [0, 0.05) is 25.4 Å². The highest BCUT2D eigenvalue weighted by atomic mass is 16.7. The fourth-order valence-corrected chi connectivity index (χ4v) is 3.45. The zero-order valence-electron chi connectivity index (χ0n) is 13.3. The molecule has 0 aliphatic carbocycles. The molecule has 2 fully saturated rings. The van der Waals surface area contributed by atoms with Crippen molar-refractivity contribution in [2.24, 2.45) is 5.92 Å². The van der Waals surface area contributed by atoms with E-state index in [9.17, 15) is 4.79 Å². The third-order valence-electron chi connectivity index (χ3n) is 4.85. The van der Waals surface area contributed by atoms with Gasteiger partial charge in [0.15, 0.2) is 5.79 Å². The van der Waals surface area contributed by atoms with E-state index in [2.05, 4.69) is 12.1 Å². The van der Waals surface area contributed by atoms with Crippen LogP contribution in [0.5, 0.6) is 0 Å². The van der Waals surface area contributed by atoms with Crippen molar-refractivity contribution in [2.75, 3.05) is 26.3 Å². The van der Waals surface area contributed by atoms with Gasteiger partial charge in [-0.15, -0.1) is 0 Å². The molecule has 1 atom stereocenters. The van der Waals surface area contributed by atoms with E-state index >= 15 is 0 Å². The van der Waals surface area contributed by atoms with Gasteiger partial charge in [-0.1, -0.05) is 30.3 Å². The molecule has 1 unspecified atom stereocenters. The van der Waals surface area contributed by atoms with Crippen LogP contribution in [0.1, 0.15) is 31.7 Å². The van der Waals surface area contributed by atoms with Gasteiger partial charge in [-0.25, -0.2) is 0 Å². The molecule has 0 N–H and O–H groups in total. The molecule has 3 rings (SSSR count). The van der Waals surface area contributed by atoms with E-state index in [1.807, 2.05) is 30.0 Å². The highest BCUT2D eigenvalue weighted by Crippen LogP contribution is 2.34. The molecular formula is C18H25NO3. The van der Waals surface area contributed by atoms with Gasteiger partial charge in [0.25, 0.3) is 0 Å². The van der Waals surface area contributed by atoms with Crippen molar-refractivity contribution in [1.82, 2.24) is 4.90 Å². The number of aryl methyl sites for hydroxylation is 1. The molecule has 0 radical (unpaired) electrons. The SMILES string of the molecule is CC1(C2CCCN(C(=O)CCc3ccccc3)C2)OCCO1. The fraction of sp³-hybridized carbons (Fsp3) is 0.611. The zero-order chi connectivity index (χ0) is 15.4. The summed E-state index contributed by atoms with van der Waals surface area (Å²) in [7, 11) is 0. The van der Waals surface area contributed by atoms with Crippen molar-refractivity contribution in [3.8, 4) is 0 Å². The number of ether oxygens (including phenoxy) is 2. The Balaban J connectivity index is 1.54. The number of benzene rings is 1. The molecule has 1 aromatic carbocycles. The van der Waals surface area contributed by atoms with Crippen LogP contribution in [-0.2, 0) is 20.7 Å². The highest BCUT2D eigenvalue weighted by molar-refractivity contribution is 5.76. The van der Waals surface area contributed by atoms with E-state index in [1.165, 1.54) is 5.56 Å². The quantitative estimate of drug-likeness (QED) is 0.858. The molecule has 4 heteroatoms. The summed E-state index contributed by atoms with van der Waals surface area (Å²) in [6.45, 7) is 4.96. The summed E-state index contributed by atoms with van der Waals surface area (Å²) in [5, 5.41) is 0. The fourth-order valence-electron chi connectivity index (χ4n) is 3.45. The maximum absolute atomic E-state index is 12.5. The minimum Gasteiger partial charge on any atom is -0.347 e. The molecular weight excluding hydrogens is 278 g/mol. The maximum Gasteiger partial charge on any atom is 0.222 e. The van der Waals surface area contributed by atoms with Gasteiger partial charge in [0.05, 0.1) is 13.2 Å². The summed E-state index contributed by atoms with van der Waals surface area (Å²) in [5.74, 6) is 0.0258. The molecule has 0 spiro atoms.